The number of halogens is 3. The lowest BCUT2D eigenvalue weighted by Crippen LogP contribution is -2.28. The maximum atomic E-state index is 13.0. The van der Waals surface area contributed by atoms with Crippen molar-refractivity contribution in [3.63, 3.8) is 0 Å². The number of pyridine rings is 1. The molecule has 0 aliphatic rings. The van der Waals surface area contributed by atoms with Crippen molar-refractivity contribution in [2.24, 2.45) is 0 Å². The number of amides is 3. The van der Waals surface area contributed by atoms with E-state index >= 15 is 0 Å². The number of aryl methyl sites for hydroxylation is 1. The van der Waals surface area contributed by atoms with E-state index in [4.69, 9.17) is 5.11 Å². The van der Waals surface area contributed by atoms with Gasteiger partial charge in [0.25, 0.3) is 5.91 Å². The van der Waals surface area contributed by atoms with Gasteiger partial charge in [-0.15, -0.1) is 0 Å². The van der Waals surface area contributed by atoms with Crippen LogP contribution in [0.4, 0.5) is 40.8 Å². The molecule has 0 radical (unpaired) electrons. The van der Waals surface area contributed by atoms with E-state index in [1.807, 2.05) is 0 Å². The largest absolute Gasteiger partial charge is 0.481 e. The van der Waals surface area contributed by atoms with E-state index in [-0.39, 0.29) is 29.2 Å². The Morgan fingerprint density at radius 3 is 2.19 bits per heavy atom. The summed E-state index contributed by atoms with van der Waals surface area (Å²) in [5.41, 5.74) is 0.936. The van der Waals surface area contributed by atoms with Gasteiger partial charge in [0.15, 0.2) is 0 Å². The van der Waals surface area contributed by atoms with Crippen molar-refractivity contribution in [3.05, 3.63) is 77.5 Å². The first-order valence-electron chi connectivity index (χ1n) is 11.2. The van der Waals surface area contributed by atoms with Gasteiger partial charge in [-0.3, -0.25) is 14.9 Å². The number of aromatic nitrogens is 1. The molecule has 5 N–H and O–H groups in total. The van der Waals surface area contributed by atoms with Crippen molar-refractivity contribution < 1.29 is 32.7 Å². The van der Waals surface area contributed by atoms with Crippen molar-refractivity contribution in [3.8, 4) is 0 Å². The van der Waals surface area contributed by atoms with Gasteiger partial charge >= 0.3 is 18.2 Å². The molecule has 0 fully saturated rings. The second-order valence-electron chi connectivity index (χ2n) is 7.84. The van der Waals surface area contributed by atoms with Crippen molar-refractivity contribution in [1.29, 1.82) is 0 Å². The number of nitrogens with zero attached hydrogens (tertiary/aromatic N) is 1. The van der Waals surface area contributed by atoms with Crippen LogP contribution in [0.3, 0.4) is 0 Å². The normalized spacial score (nSPS) is 10.9. The number of carbonyl (C=O) groups excluding carboxylic acids is 2. The van der Waals surface area contributed by atoms with Crippen molar-refractivity contribution in [2.75, 3.05) is 22.5 Å². The third-order valence-corrected chi connectivity index (χ3v) is 5.06. The molecular formula is C25H24F3N5O4. The van der Waals surface area contributed by atoms with E-state index in [0.717, 1.165) is 17.7 Å². The van der Waals surface area contributed by atoms with Crippen LogP contribution in [0, 0.1) is 0 Å². The Bertz CT molecular complexity index is 1260. The Morgan fingerprint density at radius 2 is 1.59 bits per heavy atom. The number of hydrogen-bond donors (Lipinski definition) is 5. The Labute approximate surface area is 210 Å². The molecule has 3 amide bonds. The minimum absolute atomic E-state index is 0.0208. The molecule has 3 aromatic rings. The number of carbonyl (C=O) groups is 3. The Kier molecular flexibility index (Phi) is 8.67. The van der Waals surface area contributed by atoms with Crippen LogP contribution in [0.1, 0.15) is 34.8 Å². The predicted molar refractivity (Wildman–Crippen MR) is 132 cm³/mol. The van der Waals surface area contributed by atoms with E-state index in [2.05, 4.69) is 26.3 Å². The van der Waals surface area contributed by atoms with E-state index in [1.165, 1.54) is 24.4 Å². The smallest absolute Gasteiger partial charge is 0.416 e. The van der Waals surface area contributed by atoms with Gasteiger partial charge in [0.1, 0.15) is 5.82 Å². The summed E-state index contributed by atoms with van der Waals surface area (Å²) in [6, 6.07) is 11.7. The molecule has 1 aromatic heterocycles. The minimum atomic E-state index is -4.49. The Morgan fingerprint density at radius 1 is 0.946 bits per heavy atom. The number of anilines is 4. The van der Waals surface area contributed by atoms with E-state index in [9.17, 15) is 27.6 Å². The van der Waals surface area contributed by atoms with E-state index in [1.54, 1.807) is 31.2 Å². The molecule has 0 aliphatic heterocycles. The molecule has 0 saturated carbocycles. The lowest BCUT2D eigenvalue weighted by atomic mass is 10.1. The highest BCUT2D eigenvalue weighted by atomic mass is 19.4. The van der Waals surface area contributed by atoms with Gasteiger partial charge in [-0.1, -0.05) is 12.1 Å². The van der Waals surface area contributed by atoms with Gasteiger partial charge in [0.05, 0.1) is 16.8 Å². The zero-order valence-electron chi connectivity index (χ0n) is 19.6. The van der Waals surface area contributed by atoms with Crippen LogP contribution in [0.15, 0.2) is 60.8 Å². The maximum Gasteiger partial charge on any atom is 0.416 e. The zero-order chi connectivity index (χ0) is 27.0. The molecule has 0 atom stereocenters. The van der Waals surface area contributed by atoms with Crippen LogP contribution in [0.25, 0.3) is 0 Å². The second kappa shape index (κ2) is 11.9. The van der Waals surface area contributed by atoms with E-state index < -0.39 is 29.6 Å². The molecule has 37 heavy (non-hydrogen) atoms. The number of carboxylic acids is 1. The fourth-order valence-corrected chi connectivity index (χ4v) is 3.23. The molecule has 2 aromatic carbocycles. The highest BCUT2D eigenvalue weighted by Gasteiger charge is 2.30. The SMILES string of the molecule is CCNC(=O)Nc1cc(Nc2ccc(C(F)(F)F)cc2)c(C(=O)Nc2ccc(CCC(=O)O)cc2)cn1. The summed E-state index contributed by atoms with van der Waals surface area (Å²) in [6.07, 6.45) is -2.94. The number of aliphatic carboxylic acids is 1. The molecule has 0 aliphatic carbocycles. The van der Waals surface area contributed by atoms with Crippen LogP contribution >= 0.6 is 0 Å². The first-order valence-corrected chi connectivity index (χ1v) is 11.2. The van der Waals surface area contributed by atoms with Crippen LogP contribution in [0.5, 0.6) is 0 Å². The molecule has 9 nitrogen and oxygen atoms in total. The van der Waals surface area contributed by atoms with Crippen molar-refractivity contribution in [2.45, 2.75) is 25.9 Å². The Balaban J connectivity index is 1.84. The molecule has 0 bridgehead atoms. The number of hydrogen-bond acceptors (Lipinski definition) is 5. The molecule has 194 valence electrons. The summed E-state index contributed by atoms with van der Waals surface area (Å²) < 4.78 is 38.7. The lowest BCUT2D eigenvalue weighted by Gasteiger charge is -2.15. The molecule has 0 unspecified atom stereocenters. The summed E-state index contributed by atoms with van der Waals surface area (Å²) in [5.74, 6) is -1.37. The quantitative estimate of drug-likeness (QED) is 0.264. The number of rotatable bonds is 9. The highest BCUT2D eigenvalue weighted by molar-refractivity contribution is 6.08. The third kappa shape index (κ3) is 7.95. The fourth-order valence-electron chi connectivity index (χ4n) is 3.23. The Hall–Kier alpha value is -4.61. The topological polar surface area (TPSA) is 132 Å². The van der Waals surface area contributed by atoms with Crippen LogP contribution in [0.2, 0.25) is 0 Å². The number of alkyl halides is 3. The van der Waals surface area contributed by atoms with Crippen LogP contribution in [-0.2, 0) is 17.4 Å². The van der Waals surface area contributed by atoms with Crippen molar-refractivity contribution in [1.82, 2.24) is 10.3 Å². The van der Waals surface area contributed by atoms with Gasteiger partial charge in [-0.25, -0.2) is 9.78 Å². The average Bonchev–Trinajstić information content (AvgIpc) is 2.83. The average molecular weight is 515 g/mol. The number of benzene rings is 2. The second-order valence-corrected chi connectivity index (χ2v) is 7.84. The summed E-state index contributed by atoms with van der Waals surface area (Å²) in [5, 5.41) is 19.5. The summed E-state index contributed by atoms with van der Waals surface area (Å²) in [4.78, 5) is 39.7. The number of carboxylic acid groups (broad SMARTS) is 1. The number of nitrogens with one attached hydrogen (secondary N) is 4. The molecule has 12 heteroatoms. The van der Waals surface area contributed by atoms with Gasteiger partial charge in [0.2, 0.25) is 0 Å². The molecular weight excluding hydrogens is 491 g/mol. The number of urea groups is 1. The predicted octanol–water partition coefficient (Wildman–Crippen LogP) is 5.25. The van der Waals surface area contributed by atoms with Crippen LogP contribution < -0.4 is 21.3 Å². The molecule has 3 rings (SSSR count). The molecule has 0 spiro atoms. The fraction of sp³-hybridized carbons (Fsp3) is 0.200. The van der Waals surface area contributed by atoms with Gasteiger partial charge in [-0.2, -0.15) is 13.2 Å². The minimum Gasteiger partial charge on any atom is -0.481 e. The highest BCUT2D eigenvalue weighted by Crippen LogP contribution is 2.31. The molecule has 0 saturated heterocycles. The first kappa shape index (κ1) is 27.0. The van der Waals surface area contributed by atoms with Gasteiger partial charge < -0.3 is 21.1 Å². The lowest BCUT2D eigenvalue weighted by molar-refractivity contribution is -0.138. The summed E-state index contributed by atoms with van der Waals surface area (Å²) in [7, 11) is 0. The van der Waals surface area contributed by atoms with Crippen LogP contribution in [-0.4, -0.2) is 34.5 Å². The van der Waals surface area contributed by atoms with Gasteiger partial charge in [0, 0.05) is 36.6 Å². The van der Waals surface area contributed by atoms with E-state index in [0.29, 0.717) is 18.7 Å². The monoisotopic (exact) mass is 515 g/mol. The summed E-state index contributed by atoms with van der Waals surface area (Å²) >= 11 is 0. The summed E-state index contributed by atoms with van der Waals surface area (Å²) in [6.45, 7) is 2.11. The first-order chi connectivity index (χ1) is 17.5. The maximum absolute atomic E-state index is 13.0. The molecule has 1 heterocycles. The van der Waals surface area contributed by atoms with Gasteiger partial charge in [-0.05, 0) is 55.3 Å². The third-order valence-electron chi connectivity index (χ3n) is 5.06. The van der Waals surface area contributed by atoms with Crippen molar-refractivity contribution >= 4 is 40.8 Å². The zero-order valence-corrected chi connectivity index (χ0v) is 19.6. The standard InChI is InChI=1S/C25H24F3N5O4/c1-2-29-24(37)33-21-13-20(31-17-10-6-16(7-11-17)25(26,27)28)19(14-30-21)23(36)32-18-8-3-15(4-9-18)5-12-22(34)35/h3-4,6-11,13-14H,2,5,12H2,1H3,(H,32,36)(H,34,35)(H3,29,30,31,33,37).